The molecule has 0 N–H and O–H groups in total. The summed E-state index contributed by atoms with van der Waals surface area (Å²) in [6.07, 6.45) is 0. The van der Waals surface area contributed by atoms with E-state index in [1.165, 1.54) is 23.5 Å². The Bertz CT molecular complexity index is 1090. The molecule has 1 fully saturated rings. The number of ether oxygens (including phenoxy) is 1. The third-order valence-corrected chi connectivity index (χ3v) is 6.91. The quantitative estimate of drug-likeness (QED) is 0.580. The molecule has 158 valence electrons. The number of hydrogen-bond donors (Lipinski definition) is 0. The summed E-state index contributed by atoms with van der Waals surface area (Å²) < 4.78 is 47.0. The van der Waals surface area contributed by atoms with Crippen molar-refractivity contribution in [3.05, 3.63) is 60.2 Å². The lowest BCUT2D eigenvalue weighted by Crippen LogP contribution is -2.48. The average Bonchev–Trinajstić information content (AvgIpc) is 3.23. The molecule has 1 aliphatic heterocycles. The fraction of sp³-hybridized carbons (Fsp3) is 0.316. The van der Waals surface area contributed by atoms with E-state index in [4.69, 9.17) is 4.74 Å². The van der Waals surface area contributed by atoms with Gasteiger partial charge in [0.15, 0.2) is 5.82 Å². The van der Waals surface area contributed by atoms with Gasteiger partial charge < -0.3 is 4.74 Å². The van der Waals surface area contributed by atoms with Crippen LogP contribution in [-0.2, 0) is 16.6 Å². The van der Waals surface area contributed by atoms with E-state index in [9.17, 15) is 12.8 Å². The van der Waals surface area contributed by atoms with E-state index in [1.54, 1.807) is 41.1 Å². The standard InChI is InChI=1S/C19H21FN6O3S/c1-29-17-6-8-18(9-7-17)30(27,28)25-12-10-24(11-13-25)14-19-21-22-23-26(19)16-4-2-15(20)3-5-16/h2-9H,10-14H2,1H3. The number of benzene rings is 2. The van der Waals surface area contributed by atoms with Crippen LogP contribution in [-0.4, -0.2) is 71.1 Å². The Balaban J connectivity index is 1.41. The third-order valence-electron chi connectivity index (χ3n) is 5.00. The molecule has 0 atom stereocenters. The van der Waals surface area contributed by atoms with Crippen molar-refractivity contribution >= 4 is 10.0 Å². The van der Waals surface area contributed by atoms with Crippen LogP contribution in [0.1, 0.15) is 5.82 Å². The monoisotopic (exact) mass is 432 g/mol. The van der Waals surface area contributed by atoms with E-state index in [-0.39, 0.29) is 10.7 Å². The lowest BCUT2D eigenvalue weighted by Gasteiger charge is -2.33. The first-order chi connectivity index (χ1) is 14.5. The summed E-state index contributed by atoms with van der Waals surface area (Å²) in [5.74, 6) is 0.883. The van der Waals surface area contributed by atoms with Crippen molar-refractivity contribution in [3.63, 3.8) is 0 Å². The largest absolute Gasteiger partial charge is 0.497 e. The summed E-state index contributed by atoms with van der Waals surface area (Å²) in [5, 5.41) is 11.8. The van der Waals surface area contributed by atoms with Crippen LogP contribution in [0.4, 0.5) is 4.39 Å². The van der Waals surface area contributed by atoms with Gasteiger partial charge in [-0.3, -0.25) is 4.90 Å². The Morgan fingerprint density at radius 1 is 1.00 bits per heavy atom. The Labute approximate surface area is 173 Å². The van der Waals surface area contributed by atoms with Crippen molar-refractivity contribution in [3.8, 4) is 11.4 Å². The first kappa shape index (κ1) is 20.4. The average molecular weight is 432 g/mol. The lowest BCUT2D eigenvalue weighted by molar-refractivity contribution is 0.177. The second-order valence-corrected chi connectivity index (χ2v) is 8.78. The number of nitrogens with zero attached hydrogens (tertiary/aromatic N) is 6. The van der Waals surface area contributed by atoms with Crippen LogP contribution in [0.5, 0.6) is 5.75 Å². The van der Waals surface area contributed by atoms with Crippen LogP contribution in [0.15, 0.2) is 53.4 Å². The van der Waals surface area contributed by atoms with Gasteiger partial charge in [-0.15, -0.1) is 5.10 Å². The maximum absolute atomic E-state index is 13.2. The van der Waals surface area contributed by atoms with Crippen molar-refractivity contribution in [2.24, 2.45) is 0 Å². The Hall–Kier alpha value is -2.89. The van der Waals surface area contributed by atoms with Gasteiger partial charge in [-0.1, -0.05) is 0 Å². The van der Waals surface area contributed by atoms with Gasteiger partial charge in [0.25, 0.3) is 0 Å². The molecule has 1 aliphatic rings. The van der Waals surface area contributed by atoms with Crippen molar-refractivity contribution in [2.45, 2.75) is 11.4 Å². The predicted molar refractivity (Wildman–Crippen MR) is 106 cm³/mol. The van der Waals surface area contributed by atoms with E-state index >= 15 is 0 Å². The minimum Gasteiger partial charge on any atom is -0.497 e. The van der Waals surface area contributed by atoms with Crippen LogP contribution < -0.4 is 4.74 Å². The van der Waals surface area contributed by atoms with Crippen LogP contribution in [0.2, 0.25) is 0 Å². The second kappa shape index (κ2) is 8.46. The maximum atomic E-state index is 13.2. The van der Waals surface area contributed by atoms with Crippen molar-refractivity contribution in [2.75, 3.05) is 33.3 Å². The minimum absolute atomic E-state index is 0.247. The Morgan fingerprint density at radius 2 is 1.67 bits per heavy atom. The highest BCUT2D eigenvalue weighted by Gasteiger charge is 2.29. The highest BCUT2D eigenvalue weighted by atomic mass is 32.2. The fourth-order valence-corrected chi connectivity index (χ4v) is 4.73. The van der Waals surface area contributed by atoms with Gasteiger partial charge in [0.1, 0.15) is 11.6 Å². The van der Waals surface area contributed by atoms with Crippen LogP contribution in [0.25, 0.3) is 5.69 Å². The molecule has 0 amide bonds. The summed E-state index contributed by atoms with van der Waals surface area (Å²) in [7, 11) is -2.02. The van der Waals surface area contributed by atoms with Crippen molar-refractivity contribution in [1.29, 1.82) is 0 Å². The van der Waals surface area contributed by atoms with E-state index in [0.29, 0.717) is 50.0 Å². The molecule has 0 radical (unpaired) electrons. The highest BCUT2D eigenvalue weighted by Crippen LogP contribution is 2.21. The zero-order chi connectivity index (χ0) is 21.1. The summed E-state index contributed by atoms with van der Waals surface area (Å²) >= 11 is 0. The molecule has 0 bridgehead atoms. The third kappa shape index (κ3) is 4.18. The van der Waals surface area contributed by atoms with Crippen LogP contribution in [0.3, 0.4) is 0 Å². The Morgan fingerprint density at radius 3 is 2.30 bits per heavy atom. The molecular formula is C19H21FN6O3S. The molecule has 4 rings (SSSR count). The molecule has 9 nitrogen and oxygen atoms in total. The normalized spacial score (nSPS) is 15.9. The van der Waals surface area contributed by atoms with E-state index in [2.05, 4.69) is 20.4 Å². The predicted octanol–water partition coefficient (Wildman–Crippen LogP) is 1.32. The van der Waals surface area contributed by atoms with Crippen molar-refractivity contribution in [1.82, 2.24) is 29.4 Å². The molecule has 0 saturated carbocycles. The number of methoxy groups -OCH3 is 1. The highest BCUT2D eigenvalue weighted by molar-refractivity contribution is 7.89. The number of tetrazole rings is 1. The molecule has 0 unspecified atom stereocenters. The summed E-state index contributed by atoms with van der Waals surface area (Å²) in [6.45, 7) is 2.29. The second-order valence-electron chi connectivity index (χ2n) is 6.84. The smallest absolute Gasteiger partial charge is 0.243 e. The van der Waals surface area contributed by atoms with E-state index in [0.717, 1.165) is 0 Å². The minimum atomic E-state index is -3.56. The fourth-order valence-electron chi connectivity index (χ4n) is 3.31. The van der Waals surface area contributed by atoms with Crippen molar-refractivity contribution < 1.29 is 17.5 Å². The molecule has 1 saturated heterocycles. The number of halogens is 1. The number of sulfonamides is 1. The first-order valence-electron chi connectivity index (χ1n) is 9.37. The molecule has 2 heterocycles. The van der Waals surface area contributed by atoms with Crippen LogP contribution >= 0.6 is 0 Å². The first-order valence-corrected chi connectivity index (χ1v) is 10.8. The molecule has 3 aromatic rings. The molecule has 2 aromatic carbocycles. The lowest BCUT2D eigenvalue weighted by atomic mass is 10.3. The van der Waals surface area contributed by atoms with E-state index in [1.807, 2.05) is 0 Å². The summed E-state index contributed by atoms with van der Waals surface area (Å²) in [4.78, 5) is 2.34. The number of rotatable bonds is 6. The van der Waals surface area contributed by atoms with Crippen LogP contribution in [0, 0.1) is 5.82 Å². The van der Waals surface area contributed by atoms with Gasteiger partial charge in [-0.2, -0.15) is 8.99 Å². The van der Waals surface area contributed by atoms with Gasteiger partial charge in [0.2, 0.25) is 10.0 Å². The summed E-state index contributed by atoms with van der Waals surface area (Å²) in [5.41, 5.74) is 0.664. The Kier molecular flexibility index (Phi) is 5.75. The zero-order valence-corrected chi connectivity index (χ0v) is 17.2. The zero-order valence-electron chi connectivity index (χ0n) is 16.3. The molecule has 0 aliphatic carbocycles. The molecule has 30 heavy (non-hydrogen) atoms. The SMILES string of the molecule is COc1ccc(S(=O)(=O)N2CCN(Cc3nnnn3-c3ccc(F)cc3)CC2)cc1. The topological polar surface area (TPSA) is 93.5 Å². The van der Waals surface area contributed by atoms with Gasteiger partial charge in [0, 0.05) is 26.2 Å². The van der Waals surface area contributed by atoms with Gasteiger partial charge in [0.05, 0.1) is 24.2 Å². The van der Waals surface area contributed by atoms with Gasteiger partial charge in [-0.25, -0.2) is 12.8 Å². The molecule has 11 heteroatoms. The number of hydrogen-bond acceptors (Lipinski definition) is 7. The van der Waals surface area contributed by atoms with E-state index < -0.39 is 10.0 Å². The summed E-state index contributed by atoms with van der Waals surface area (Å²) in [6, 6.07) is 12.3. The molecule has 0 spiro atoms. The number of aromatic nitrogens is 4. The maximum Gasteiger partial charge on any atom is 0.243 e. The van der Waals surface area contributed by atoms with Gasteiger partial charge in [-0.05, 0) is 59.0 Å². The number of piperazine rings is 1. The van der Waals surface area contributed by atoms with Gasteiger partial charge >= 0.3 is 0 Å². The molecular weight excluding hydrogens is 411 g/mol. The molecule has 1 aromatic heterocycles.